The summed E-state index contributed by atoms with van der Waals surface area (Å²) in [6, 6.07) is 2.91. The second-order valence-electron chi connectivity index (χ2n) is 4.99. The summed E-state index contributed by atoms with van der Waals surface area (Å²) in [5.41, 5.74) is -0.669. The van der Waals surface area contributed by atoms with E-state index in [0.717, 1.165) is 5.56 Å². The highest BCUT2D eigenvalue weighted by Crippen LogP contribution is 2.35. The lowest BCUT2D eigenvalue weighted by Gasteiger charge is -2.35. The van der Waals surface area contributed by atoms with Crippen LogP contribution in [0.25, 0.3) is 0 Å². The van der Waals surface area contributed by atoms with Gasteiger partial charge in [-0.15, -0.1) is 0 Å². The van der Waals surface area contributed by atoms with Gasteiger partial charge in [0.1, 0.15) is 17.6 Å². The number of fused-ring (bicyclic) bond motifs is 1. The molecule has 0 fully saturated rings. The summed E-state index contributed by atoms with van der Waals surface area (Å²) in [7, 11) is 0. The van der Waals surface area contributed by atoms with Crippen molar-refractivity contribution in [2.24, 2.45) is 0 Å². The van der Waals surface area contributed by atoms with Crippen molar-refractivity contribution in [1.82, 2.24) is 0 Å². The Balaban J connectivity index is 2.34. The Hall–Kier alpha value is -1.88. The van der Waals surface area contributed by atoms with Crippen molar-refractivity contribution >= 4 is 12.1 Å². The molecule has 2 N–H and O–H groups in total. The Morgan fingerprint density at radius 1 is 1.53 bits per heavy atom. The standard InChI is InChI=1S/C14H16O5/c1-8(16)14(2,18)13-4-3-9-5-11(17)10(7-15)6-12(9)19-13/h5-7,13,17-18H,3-4H2,1-2H3/t13-,14-/m1/s1. The predicted molar refractivity (Wildman–Crippen MR) is 67.5 cm³/mol. The summed E-state index contributed by atoms with van der Waals surface area (Å²) in [5, 5.41) is 19.7. The van der Waals surface area contributed by atoms with Gasteiger partial charge >= 0.3 is 0 Å². The molecule has 2 rings (SSSR count). The number of aryl methyl sites for hydroxylation is 1. The first-order valence-corrected chi connectivity index (χ1v) is 6.07. The van der Waals surface area contributed by atoms with Gasteiger partial charge in [-0.2, -0.15) is 0 Å². The van der Waals surface area contributed by atoms with E-state index in [-0.39, 0.29) is 17.1 Å². The second-order valence-corrected chi connectivity index (χ2v) is 4.99. The molecule has 1 aromatic carbocycles. The number of ketones is 1. The number of carbonyl (C=O) groups is 2. The lowest BCUT2D eigenvalue weighted by molar-refractivity contribution is -0.144. The van der Waals surface area contributed by atoms with E-state index in [1.165, 1.54) is 26.0 Å². The number of aldehydes is 1. The minimum Gasteiger partial charge on any atom is -0.507 e. The zero-order chi connectivity index (χ0) is 14.2. The average Bonchev–Trinajstić information content (AvgIpc) is 2.37. The molecule has 5 nitrogen and oxygen atoms in total. The molecular weight excluding hydrogens is 248 g/mol. The van der Waals surface area contributed by atoms with Gasteiger partial charge in [0.2, 0.25) is 0 Å². The summed E-state index contributed by atoms with van der Waals surface area (Å²) in [6.07, 6.45) is 0.919. The van der Waals surface area contributed by atoms with Crippen LogP contribution in [0.5, 0.6) is 11.5 Å². The first kappa shape index (κ1) is 13.5. The number of aromatic hydroxyl groups is 1. The number of hydrogen-bond acceptors (Lipinski definition) is 5. The molecule has 0 amide bonds. The first-order chi connectivity index (χ1) is 8.86. The van der Waals surface area contributed by atoms with E-state index >= 15 is 0 Å². The molecule has 19 heavy (non-hydrogen) atoms. The average molecular weight is 264 g/mol. The molecule has 1 aliphatic heterocycles. The second kappa shape index (κ2) is 4.66. The van der Waals surface area contributed by atoms with E-state index in [2.05, 4.69) is 0 Å². The van der Waals surface area contributed by atoms with Crippen molar-refractivity contribution in [2.45, 2.75) is 38.4 Å². The third-order valence-corrected chi connectivity index (χ3v) is 3.62. The number of benzene rings is 1. The molecule has 1 aromatic rings. The summed E-state index contributed by atoms with van der Waals surface area (Å²) < 4.78 is 5.61. The molecule has 0 radical (unpaired) electrons. The first-order valence-electron chi connectivity index (χ1n) is 6.07. The van der Waals surface area contributed by atoms with E-state index in [1.54, 1.807) is 0 Å². The molecule has 1 aliphatic rings. The third-order valence-electron chi connectivity index (χ3n) is 3.62. The molecule has 0 spiro atoms. The van der Waals surface area contributed by atoms with Crippen molar-refractivity contribution in [3.05, 3.63) is 23.3 Å². The number of hydrogen-bond donors (Lipinski definition) is 2. The normalized spacial score (nSPS) is 20.9. The van der Waals surface area contributed by atoms with Crippen LogP contribution < -0.4 is 4.74 Å². The zero-order valence-corrected chi connectivity index (χ0v) is 10.8. The molecule has 0 bridgehead atoms. The highest BCUT2D eigenvalue weighted by Gasteiger charge is 2.40. The van der Waals surface area contributed by atoms with Crippen LogP contribution in [0.4, 0.5) is 0 Å². The largest absolute Gasteiger partial charge is 0.507 e. The summed E-state index contributed by atoms with van der Waals surface area (Å²) in [5.74, 6) is -0.0258. The van der Waals surface area contributed by atoms with Gasteiger partial charge in [-0.25, -0.2) is 0 Å². The van der Waals surface area contributed by atoms with Crippen LogP contribution in [0.3, 0.4) is 0 Å². The van der Waals surface area contributed by atoms with Gasteiger partial charge < -0.3 is 14.9 Å². The molecule has 1 heterocycles. The fourth-order valence-electron chi connectivity index (χ4n) is 2.15. The lowest BCUT2D eigenvalue weighted by Crippen LogP contribution is -2.50. The number of phenols is 1. The van der Waals surface area contributed by atoms with Crippen LogP contribution in [0.2, 0.25) is 0 Å². The van der Waals surface area contributed by atoms with Gasteiger partial charge in [0, 0.05) is 0 Å². The maximum Gasteiger partial charge on any atom is 0.164 e. The van der Waals surface area contributed by atoms with Crippen LogP contribution in [0.1, 0.15) is 36.2 Å². The molecule has 0 aromatic heterocycles. The highest BCUT2D eigenvalue weighted by atomic mass is 16.5. The van der Waals surface area contributed by atoms with Crippen molar-refractivity contribution in [1.29, 1.82) is 0 Å². The van der Waals surface area contributed by atoms with Gasteiger partial charge in [-0.05, 0) is 44.4 Å². The third kappa shape index (κ3) is 2.33. The Labute approximate surface area is 110 Å². The Morgan fingerprint density at radius 3 is 2.79 bits per heavy atom. The van der Waals surface area contributed by atoms with Crippen molar-refractivity contribution in [3.8, 4) is 11.5 Å². The molecule has 5 heteroatoms. The van der Waals surface area contributed by atoms with E-state index in [4.69, 9.17) is 4.74 Å². The van der Waals surface area contributed by atoms with Crippen LogP contribution in [0.15, 0.2) is 12.1 Å². The van der Waals surface area contributed by atoms with Gasteiger partial charge in [-0.3, -0.25) is 9.59 Å². The van der Waals surface area contributed by atoms with Crippen LogP contribution in [-0.4, -0.2) is 34.0 Å². The number of ether oxygens (including phenoxy) is 1. The Bertz CT molecular complexity index is 533. The number of Topliss-reactive ketones (excluding diaryl/α,β-unsaturated/α-hetero) is 1. The van der Waals surface area contributed by atoms with E-state index in [0.29, 0.717) is 24.9 Å². The van der Waals surface area contributed by atoms with Gasteiger partial charge in [-0.1, -0.05) is 0 Å². The SMILES string of the molecule is CC(=O)[C@@](C)(O)[C@H]1CCc2cc(O)c(C=O)cc2O1. The number of carbonyl (C=O) groups excluding carboxylic acids is 2. The van der Waals surface area contributed by atoms with Crippen molar-refractivity contribution < 1.29 is 24.5 Å². The van der Waals surface area contributed by atoms with Gasteiger partial charge in [0.25, 0.3) is 0 Å². The van der Waals surface area contributed by atoms with Crippen LogP contribution in [-0.2, 0) is 11.2 Å². The smallest absolute Gasteiger partial charge is 0.164 e. The molecule has 0 unspecified atom stereocenters. The van der Waals surface area contributed by atoms with E-state index in [1.807, 2.05) is 0 Å². The zero-order valence-electron chi connectivity index (χ0n) is 10.8. The fraction of sp³-hybridized carbons (Fsp3) is 0.429. The quantitative estimate of drug-likeness (QED) is 0.802. The molecule has 102 valence electrons. The monoisotopic (exact) mass is 264 g/mol. The minimum absolute atomic E-state index is 0.0888. The maximum atomic E-state index is 11.4. The topological polar surface area (TPSA) is 83.8 Å². The minimum atomic E-state index is -1.56. The van der Waals surface area contributed by atoms with Gasteiger partial charge in [0.15, 0.2) is 17.7 Å². The Morgan fingerprint density at radius 2 is 2.21 bits per heavy atom. The highest BCUT2D eigenvalue weighted by molar-refractivity contribution is 5.85. The summed E-state index contributed by atoms with van der Waals surface area (Å²) in [6.45, 7) is 2.73. The van der Waals surface area contributed by atoms with Crippen molar-refractivity contribution in [2.75, 3.05) is 0 Å². The maximum absolute atomic E-state index is 11.4. The Kier molecular flexibility index (Phi) is 3.32. The molecule has 2 atom stereocenters. The molecule has 0 saturated carbocycles. The van der Waals surface area contributed by atoms with E-state index < -0.39 is 11.7 Å². The fourth-order valence-corrected chi connectivity index (χ4v) is 2.15. The van der Waals surface area contributed by atoms with Gasteiger partial charge in [0.05, 0.1) is 5.56 Å². The summed E-state index contributed by atoms with van der Waals surface area (Å²) >= 11 is 0. The number of rotatable bonds is 3. The lowest BCUT2D eigenvalue weighted by atomic mass is 9.88. The number of aliphatic hydroxyl groups is 1. The molecular formula is C14H16O5. The van der Waals surface area contributed by atoms with E-state index in [9.17, 15) is 19.8 Å². The summed E-state index contributed by atoms with van der Waals surface area (Å²) in [4.78, 5) is 22.2. The van der Waals surface area contributed by atoms with Crippen LogP contribution in [0, 0.1) is 0 Å². The number of phenolic OH excluding ortho intramolecular Hbond substituents is 1. The van der Waals surface area contributed by atoms with Crippen molar-refractivity contribution in [3.63, 3.8) is 0 Å². The predicted octanol–water partition coefficient (Wildman–Crippen LogP) is 1.24. The van der Waals surface area contributed by atoms with Crippen LogP contribution >= 0.6 is 0 Å². The molecule has 0 saturated heterocycles. The molecule has 0 aliphatic carbocycles.